The van der Waals surface area contributed by atoms with Gasteiger partial charge in [-0.1, -0.05) is 17.7 Å². The maximum Gasteiger partial charge on any atom is 0.413 e. The van der Waals surface area contributed by atoms with Gasteiger partial charge in [-0.2, -0.15) is 0 Å². The van der Waals surface area contributed by atoms with E-state index in [4.69, 9.17) is 21.1 Å². The van der Waals surface area contributed by atoms with Gasteiger partial charge in [-0.05, 0) is 31.5 Å². The first kappa shape index (κ1) is 17.8. The third kappa shape index (κ3) is 5.61. The number of esters is 1. The van der Waals surface area contributed by atoms with E-state index in [0.717, 1.165) is 12.7 Å². The van der Waals surface area contributed by atoms with Crippen molar-refractivity contribution in [1.29, 1.82) is 0 Å². The van der Waals surface area contributed by atoms with Gasteiger partial charge >= 0.3 is 12.1 Å². The molecule has 8 heteroatoms. The second-order valence-electron chi connectivity index (χ2n) is 4.34. The third-order valence-electron chi connectivity index (χ3n) is 2.52. The summed E-state index contributed by atoms with van der Waals surface area (Å²) >= 11 is 5.92. The first-order valence-corrected chi connectivity index (χ1v) is 6.68. The molecule has 1 atom stereocenters. The van der Waals surface area contributed by atoms with Gasteiger partial charge in [-0.3, -0.25) is 10.1 Å². The lowest BCUT2D eigenvalue weighted by molar-refractivity contribution is -0.156. The Balaban J connectivity index is 2.47. The molecule has 2 amide bonds. The molecule has 0 aromatic heterocycles. The Morgan fingerprint density at radius 2 is 2.00 bits per heavy atom. The molecule has 22 heavy (non-hydrogen) atoms. The maximum atomic E-state index is 11.6. The number of methoxy groups -OCH3 is 1. The minimum absolute atomic E-state index is 0.338. The van der Waals surface area contributed by atoms with Crippen LogP contribution in [0.15, 0.2) is 18.2 Å². The quantitative estimate of drug-likeness (QED) is 0.829. The van der Waals surface area contributed by atoms with Crippen LogP contribution in [0.4, 0.5) is 4.79 Å². The number of hydrogen-bond donors (Lipinski definition) is 1. The molecule has 0 unspecified atom stereocenters. The summed E-state index contributed by atoms with van der Waals surface area (Å²) in [5, 5.41) is 2.24. The van der Waals surface area contributed by atoms with Crippen molar-refractivity contribution >= 4 is 29.6 Å². The van der Waals surface area contributed by atoms with Gasteiger partial charge in [0.25, 0.3) is 5.91 Å². The topological polar surface area (TPSA) is 90.9 Å². The van der Waals surface area contributed by atoms with E-state index in [0.29, 0.717) is 10.8 Å². The second kappa shape index (κ2) is 8.23. The molecule has 120 valence electrons. The van der Waals surface area contributed by atoms with Crippen molar-refractivity contribution in [3.8, 4) is 5.75 Å². The summed E-state index contributed by atoms with van der Waals surface area (Å²) in [5.41, 5.74) is 0.915. The highest BCUT2D eigenvalue weighted by molar-refractivity contribution is 6.32. The van der Waals surface area contributed by atoms with Crippen LogP contribution in [-0.4, -0.2) is 37.8 Å². The molecule has 0 bridgehead atoms. The van der Waals surface area contributed by atoms with Crippen LogP contribution in [-0.2, 0) is 19.1 Å². The zero-order valence-electron chi connectivity index (χ0n) is 12.3. The SMILES string of the molecule is COC(=O)NC(=O)[C@H](C)OC(=O)COc1cc(C)ccc1Cl. The van der Waals surface area contributed by atoms with Crippen LogP contribution in [0.25, 0.3) is 0 Å². The summed E-state index contributed by atoms with van der Waals surface area (Å²) in [6.45, 7) is 2.75. The summed E-state index contributed by atoms with van der Waals surface area (Å²) in [5.74, 6) is -1.23. The third-order valence-corrected chi connectivity index (χ3v) is 2.83. The van der Waals surface area contributed by atoms with Crippen LogP contribution in [0.1, 0.15) is 12.5 Å². The summed E-state index contributed by atoms with van der Waals surface area (Å²) in [4.78, 5) is 33.9. The standard InChI is InChI=1S/C14H16ClNO6/c1-8-4-5-10(15)11(6-8)21-7-12(17)22-9(2)13(18)16-14(19)20-3/h4-6,9H,7H2,1-3H3,(H,16,18,19)/t9-/m0/s1. The number of halogens is 1. The minimum atomic E-state index is -1.16. The number of aryl methyl sites for hydroxylation is 1. The van der Waals surface area contributed by atoms with Gasteiger partial charge in [0.15, 0.2) is 12.7 Å². The summed E-state index contributed by atoms with van der Waals surface area (Å²) in [6.07, 6.45) is -2.10. The molecular weight excluding hydrogens is 314 g/mol. The molecule has 1 rings (SSSR count). The predicted molar refractivity (Wildman–Crippen MR) is 77.8 cm³/mol. The second-order valence-corrected chi connectivity index (χ2v) is 4.74. The average molecular weight is 330 g/mol. The van der Waals surface area contributed by atoms with Crippen LogP contribution < -0.4 is 10.1 Å². The fourth-order valence-electron chi connectivity index (χ4n) is 1.40. The molecule has 0 aliphatic carbocycles. The van der Waals surface area contributed by atoms with Crippen molar-refractivity contribution in [2.45, 2.75) is 20.0 Å². The number of amides is 2. The minimum Gasteiger partial charge on any atom is -0.480 e. The molecule has 0 saturated carbocycles. The van der Waals surface area contributed by atoms with E-state index in [2.05, 4.69) is 4.74 Å². The zero-order valence-corrected chi connectivity index (χ0v) is 13.1. The number of hydrogen-bond acceptors (Lipinski definition) is 6. The smallest absolute Gasteiger partial charge is 0.413 e. The van der Waals surface area contributed by atoms with Gasteiger partial charge in [0.1, 0.15) is 5.75 Å². The molecule has 0 spiro atoms. The Morgan fingerprint density at radius 1 is 1.32 bits per heavy atom. The number of rotatable bonds is 5. The summed E-state index contributed by atoms with van der Waals surface area (Å²) in [6, 6.07) is 5.11. The fourth-order valence-corrected chi connectivity index (χ4v) is 1.57. The normalized spacial score (nSPS) is 11.3. The van der Waals surface area contributed by atoms with Crippen molar-refractivity contribution in [1.82, 2.24) is 5.32 Å². The monoisotopic (exact) mass is 329 g/mol. The van der Waals surface area contributed by atoms with Gasteiger partial charge in [-0.25, -0.2) is 9.59 Å². The molecule has 0 heterocycles. The highest BCUT2D eigenvalue weighted by Gasteiger charge is 2.20. The Kier molecular flexibility index (Phi) is 6.65. The largest absolute Gasteiger partial charge is 0.480 e. The first-order chi connectivity index (χ1) is 10.3. The number of imide groups is 1. The molecule has 7 nitrogen and oxygen atoms in total. The lowest BCUT2D eigenvalue weighted by atomic mass is 10.2. The van der Waals surface area contributed by atoms with E-state index in [-0.39, 0.29) is 0 Å². The van der Waals surface area contributed by atoms with Gasteiger partial charge in [0.05, 0.1) is 12.1 Å². The van der Waals surface area contributed by atoms with E-state index >= 15 is 0 Å². The van der Waals surface area contributed by atoms with Crippen molar-refractivity contribution in [2.75, 3.05) is 13.7 Å². The van der Waals surface area contributed by atoms with E-state index in [9.17, 15) is 14.4 Å². The number of alkyl carbamates (subject to hydrolysis) is 1. The molecular formula is C14H16ClNO6. The van der Waals surface area contributed by atoms with Gasteiger partial charge < -0.3 is 14.2 Å². The van der Waals surface area contributed by atoms with Crippen molar-refractivity contribution in [3.05, 3.63) is 28.8 Å². The maximum absolute atomic E-state index is 11.6. The average Bonchev–Trinajstić information content (AvgIpc) is 2.47. The highest BCUT2D eigenvalue weighted by Crippen LogP contribution is 2.25. The van der Waals surface area contributed by atoms with E-state index < -0.39 is 30.7 Å². The summed E-state index contributed by atoms with van der Waals surface area (Å²) < 4.78 is 14.3. The number of ether oxygens (including phenoxy) is 3. The summed E-state index contributed by atoms with van der Waals surface area (Å²) in [7, 11) is 1.11. The predicted octanol–water partition coefficient (Wildman–Crippen LogP) is 1.84. The number of carbonyl (C=O) groups is 3. The number of benzene rings is 1. The van der Waals surface area contributed by atoms with Crippen LogP contribution >= 0.6 is 11.6 Å². The van der Waals surface area contributed by atoms with Crippen LogP contribution in [0, 0.1) is 6.92 Å². The van der Waals surface area contributed by atoms with Crippen LogP contribution in [0.5, 0.6) is 5.75 Å². The van der Waals surface area contributed by atoms with E-state index in [1.807, 2.05) is 12.2 Å². The molecule has 0 aliphatic rings. The van der Waals surface area contributed by atoms with E-state index in [1.54, 1.807) is 18.2 Å². The number of nitrogens with one attached hydrogen (secondary N) is 1. The number of carbonyl (C=O) groups excluding carboxylic acids is 3. The van der Waals surface area contributed by atoms with Crippen LogP contribution in [0.3, 0.4) is 0 Å². The van der Waals surface area contributed by atoms with Crippen molar-refractivity contribution < 1.29 is 28.6 Å². The Morgan fingerprint density at radius 3 is 2.64 bits per heavy atom. The lowest BCUT2D eigenvalue weighted by Gasteiger charge is -2.13. The van der Waals surface area contributed by atoms with Crippen molar-refractivity contribution in [3.63, 3.8) is 0 Å². The highest BCUT2D eigenvalue weighted by atomic mass is 35.5. The zero-order chi connectivity index (χ0) is 16.7. The van der Waals surface area contributed by atoms with Crippen LogP contribution in [0.2, 0.25) is 5.02 Å². The molecule has 0 fully saturated rings. The van der Waals surface area contributed by atoms with Gasteiger partial charge in [-0.15, -0.1) is 0 Å². The van der Waals surface area contributed by atoms with Crippen molar-refractivity contribution in [2.24, 2.45) is 0 Å². The molecule has 0 radical (unpaired) electrons. The molecule has 1 N–H and O–H groups in total. The molecule has 0 saturated heterocycles. The van der Waals surface area contributed by atoms with Gasteiger partial charge in [0, 0.05) is 0 Å². The van der Waals surface area contributed by atoms with E-state index in [1.165, 1.54) is 6.92 Å². The fraction of sp³-hybridized carbons (Fsp3) is 0.357. The lowest BCUT2D eigenvalue weighted by Crippen LogP contribution is -2.40. The molecule has 0 aliphatic heterocycles. The Bertz CT molecular complexity index is 574. The van der Waals surface area contributed by atoms with Gasteiger partial charge in [0.2, 0.25) is 0 Å². The Labute approximate surface area is 132 Å². The molecule has 1 aromatic carbocycles. The Hall–Kier alpha value is -2.28. The molecule has 1 aromatic rings. The first-order valence-electron chi connectivity index (χ1n) is 6.30.